The van der Waals surface area contributed by atoms with Crippen molar-refractivity contribution in [3.63, 3.8) is 0 Å². The topological polar surface area (TPSA) is 37.8 Å². The molecule has 17 heavy (non-hydrogen) atoms. The lowest BCUT2D eigenvalue weighted by Gasteiger charge is -2.36. The minimum atomic E-state index is 0.542. The molecule has 0 radical (unpaired) electrons. The predicted octanol–water partition coefficient (Wildman–Crippen LogP) is 3.66. The maximum Gasteiger partial charge on any atom is 0.205 e. The van der Waals surface area contributed by atoms with Crippen LogP contribution in [0.2, 0.25) is 0 Å². The summed E-state index contributed by atoms with van der Waals surface area (Å²) >= 11 is 5.17. The van der Waals surface area contributed by atoms with Gasteiger partial charge in [-0.3, -0.25) is 0 Å². The Labute approximate surface area is 112 Å². The normalized spacial score (nSPS) is 23.1. The Morgan fingerprint density at radius 2 is 2.12 bits per heavy atom. The van der Waals surface area contributed by atoms with E-state index >= 15 is 0 Å². The SMILES string of the molecule is Brc1ccccc1C1CC(Nc2nncs2)C1. The largest absolute Gasteiger partial charge is 0.357 e. The van der Waals surface area contributed by atoms with Crippen molar-refractivity contribution in [1.82, 2.24) is 10.2 Å². The van der Waals surface area contributed by atoms with E-state index in [9.17, 15) is 0 Å². The Morgan fingerprint density at radius 1 is 1.29 bits per heavy atom. The Bertz CT molecular complexity index is 494. The summed E-state index contributed by atoms with van der Waals surface area (Å²) in [4.78, 5) is 0. The molecule has 0 amide bonds. The van der Waals surface area contributed by atoms with Crippen LogP contribution in [0, 0.1) is 0 Å². The molecule has 0 aliphatic heterocycles. The predicted molar refractivity (Wildman–Crippen MR) is 73.4 cm³/mol. The van der Waals surface area contributed by atoms with Gasteiger partial charge in [-0.05, 0) is 30.4 Å². The molecule has 1 aromatic heterocycles. The smallest absolute Gasteiger partial charge is 0.205 e. The average Bonchev–Trinajstić information content (AvgIpc) is 2.77. The highest BCUT2D eigenvalue weighted by molar-refractivity contribution is 9.10. The molecule has 0 saturated heterocycles. The molecule has 1 heterocycles. The molecule has 3 nitrogen and oxygen atoms in total. The first-order chi connectivity index (χ1) is 8.33. The van der Waals surface area contributed by atoms with Crippen LogP contribution in [0.25, 0.3) is 0 Å². The van der Waals surface area contributed by atoms with Gasteiger partial charge in [-0.2, -0.15) is 0 Å². The minimum Gasteiger partial charge on any atom is -0.357 e. The summed E-state index contributed by atoms with van der Waals surface area (Å²) in [6, 6.07) is 9.02. The number of rotatable bonds is 3. The van der Waals surface area contributed by atoms with Crippen molar-refractivity contribution < 1.29 is 0 Å². The molecular weight excluding hydrogens is 298 g/mol. The van der Waals surface area contributed by atoms with Crippen molar-refractivity contribution >= 4 is 32.4 Å². The van der Waals surface area contributed by atoms with Crippen LogP contribution in [0.15, 0.2) is 34.2 Å². The molecule has 0 bridgehead atoms. The number of nitrogens with zero attached hydrogens (tertiary/aromatic N) is 2. The van der Waals surface area contributed by atoms with E-state index in [-0.39, 0.29) is 0 Å². The summed E-state index contributed by atoms with van der Waals surface area (Å²) < 4.78 is 1.22. The molecule has 1 N–H and O–H groups in total. The highest BCUT2D eigenvalue weighted by atomic mass is 79.9. The van der Waals surface area contributed by atoms with Crippen LogP contribution in [-0.4, -0.2) is 16.2 Å². The molecule has 2 aromatic rings. The lowest BCUT2D eigenvalue weighted by atomic mass is 9.76. The fourth-order valence-corrected chi connectivity index (χ4v) is 3.34. The number of hydrogen-bond acceptors (Lipinski definition) is 4. The highest BCUT2D eigenvalue weighted by Gasteiger charge is 2.31. The highest BCUT2D eigenvalue weighted by Crippen LogP contribution is 2.41. The number of halogens is 1. The lowest BCUT2D eigenvalue weighted by Crippen LogP contribution is -2.34. The van der Waals surface area contributed by atoms with E-state index in [1.165, 1.54) is 22.9 Å². The van der Waals surface area contributed by atoms with Crippen LogP contribution in [-0.2, 0) is 0 Å². The van der Waals surface area contributed by atoms with E-state index < -0.39 is 0 Å². The van der Waals surface area contributed by atoms with Crippen LogP contribution in [0.5, 0.6) is 0 Å². The number of anilines is 1. The molecule has 1 fully saturated rings. The van der Waals surface area contributed by atoms with Gasteiger partial charge < -0.3 is 5.32 Å². The summed E-state index contributed by atoms with van der Waals surface area (Å²) in [7, 11) is 0. The van der Waals surface area contributed by atoms with Crippen molar-refractivity contribution in [2.45, 2.75) is 24.8 Å². The van der Waals surface area contributed by atoms with E-state index in [0.717, 1.165) is 5.13 Å². The Morgan fingerprint density at radius 3 is 2.82 bits per heavy atom. The first-order valence-electron chi connectivity index (χ1n) is 5.60. The van der Waals surface area contributed by atoms with Gasteiger partial charge in [0.2, 0.25) is 5.13 Å². The molecule has 1 saturated carbocycles. The van der Waals surface area contributed by atoms with Crippen molar-refractivity contribution in [3.05, 3.63) is 39.8 Å². The molecule has 1 aromatic carbocycles. The van der Waals surface area contributed by atoms with Crippen molar-refractivity contribution in [3.8, 4) is 0 Å². The fourth-order valence-electron chi connectivity index (χ4n) is 2.21. The third kappa shape index (κ3) is 2.35. The van der Waals surface area contributed by atoms with Gasteiger partial charge in [-0.25, -0.2) is 0 Å². The Hall–Kier alpha value is -0.940. The van der Waals surface area contributed by atoms with E-state index in [4.69, 9.17) is 0 Å². The summed E-state index contributed by atoms with van der Waals surface area (Å²) in [6.45, 7) is 0. The summed E-state index contributed by atoms with van der Waals surface area (Å²) in [5.74, 6) is 0.663. The first-order valence-corrected chi connectivity index (χ1v) is 7.27. The van der Waals surface area contributed by atoms with Gasteiger partial charge in [0.15, 0.2) is 0 Å². The average molecular weight is 310 g/mol. The van der Waals surface area contributed by atoms with Crippen molar-refractivity contribution in [2.24, 2.45) is 0 Å². The van der Waals surface area contributed by atoms with Crippen LogP contribution < -0.4 is 5.32 Å². The lowest BCUT2D eigenvalue weighted by molar-refractivity contribution is 0.373. The first kappa shape index (κ1) is 11.2. The van der Waals surface area contributed by atoms with Gasteiger partial charge in [0.05, 0.1) is 0 Å². The van der Waals surface area contributed by atoms with Gasteiger partial charge >= 0.3 is 0 Å². The molecule has 0 spiro atoms. The van der Waals surface area contributed by atoms with E-state index in [2.05, 4.69) is 55.7 Å². The third-order valence-corrected chi connectivity index (χ3v) is 4.52. The second kappa shape index (κ2) is 4.74. The monoisotopic (exact) mass is 309 g/mol. The van der Waals surface area contributed by atoms with E-state index in [0.29, 0.717) is 12.0 Å². The zero-order valence-corrected chi connectivity index (χ0v) is 11.5. The number of hydrogen-bond donors (Lipinski definition) is 1. The van der Waals surface area contributed by atoms with E-state index in [1.807, 2.05) is 0 Å². The zero-order chi connectivity index (χ0) is 11.7. The van der Waals surface area contributed by atoms with Gasteiger partial charge in [-0.1, -0.05) is 45.5 Å². The van der Waals surface area contributed by atoms with Crippen LogP contribution in [0.4, 0.5) is 5.13 Å². The van der Waals surface area contributed by atoms with E-state index in [1.54, 1.807) is 16.8 Å². The molecule has 1 aliphatic carbocycles. The van der Waals surface area contributed by atoms with Crippen molar-refractivity contribution in [1.29, 1.82) is 0 Å². The summed E-state index contributed by atoms with van der Waals surface area (Å²) in [6.07, 6.45) is 2.34. The molecule has 0 unspecified atom stereocenters. The number of nitrogens with one attached hydrogen (secondary N) is 1. The van der Waals surface area contributed by atoms with Gasteiger partial charge in [-0.15, -0.1) is 10.2 Å². The Kier molecular flexibility index (Phi) is 3.11. The molecule has 3 rings (SSSR count). The molecular formula is C12H12BrN3S. The van der Waals surface area contributed by atoms with Gasteiger partial charge in [0.25, 0.3) is 0 Å². The third-order valence-electron chi connectivity index (χ3n) is 3.17. The van der Waals surface area contributed by atoms with Gasteiger partial charge in [0.1, 0.15) is 5.51 Å². The van der Waals surface area contributed by atoms with Crippen LogP contribution >= 0.6 is 27.3 Å². The quantitative estimate of drug-likeness (QED) is 0.940. The second-order valence-electron chi connectivity index (χ2n) is 4.27. The summed E-state index contributed by atoms with van der Waals surface area (Å²) in [5.41, 5.74) is 3.18. The van der Waals surface area contributed by atoms with Gasteiger partial charge in [0, 0.05) is 10.5 Å². The zero-order valence-electron chi connectivity index (χ0n) is 9.14. The molecule has 5 heteroatoms. The van der Waals surface area contributed by atoms with Crippen LogP contribution in [0.3, 0.4) is 0 Å². The van der Waals surface area contributed by atoms with Crippen molar-refractivity contribution in [2.75, 3.05) is 5.32 Å². The van der Waals surface area contributed by atoms with Crippen LogP contribution in [0.1, 0.15) is 24.3 Å². The molecule has 1 aliphatic rings. The summed E-state index contributed by atoms with van der Waals surface area (Å²) in [5, 5.41) is 12.2. The second-order valence-corrected chi connectivity index (χ2v) is 5.96. The number of benzene rings is 1. The Balaban J connectivity index is 1.60. The standard InChI is InChI=1S/C12H12BrN3S/c13-11-4-2-1-3-10(11)8-5-9(6-8)15-12-16-14-7-17-12/h1-4,7-9H,5-6H2,(H,15,16). The maximum atomic E-state index is 4.00. The maximum absolute atomic E-state index is 4.00. The fraction of sp³-hybridized carbons (Fsp3) is 0.333. The number of aromatic nitrogens is 2. The molecule has 88 valence electrons. The minimum absolute atomic E-state index is 0.542. The molecule has 0 atom stereocenters.